The largest absolute Gasteiger partial charge is 0.320 e. The number of benzene rings is 1. The maximum Gasteiger partial charge on any atom is 0.146 e. The summed E-state index contributed by atoms with van der Waals surface area (Å²) in [6.45, 7) is 0. The van der Waals surface area contributed by atoms with Crippen molar-refractivity contribution in [1.29, 1.82) is 0 Å². The van der Waals surface area contributed by atoms with Gasteiger partial charge in [0.25, 0.3) is 0 Å². The molecule has 2 aromatic rings. The van der Waals surface area contributed by atoms with Crippen molar-refractivity contribution in [3.8, 4) is 0 Å². The van der Waals surface area contributed by atoms with Crippen LogP contribution in [0.1, 0.15) is 17.2 Å². The molecule has 0 fully saturated rings. The van der Waals surface area contributed by atoms with Crippen LogP contribution in [0.3, 0.4) is 0 Å². The van der Waals surface area contributed by atoms with Crippen molar-refractivity contribution >= 4 is 23.2 Å². The highest BCUT2D eigenvalue weighted by Crippen LogP contribution is 2.29. The molecule has 0 spiro atoms. The third-order valence-corrected chi connectivity index (χ3v) is 3.00. The minimum absolute atomic E-state index is 0.351. The van der Waals surface area contributed by atoms with E-state index in [0.29, 0.717) is 21.2 Å². The average molecular weight is 271 g/mol. The Balaban J connectivity index is 2.44. The van der Waals surface area contributed by atoms with Crippen molar-refractivity contribution in [2.75, 3.05) is 0 Å². The molecule has 1 aromatic carbocycles. The van der Waals surface area contributed by atoms with E-state index in [1.165, 1.54) is 12.3 Å². The highest BCUT2D eigenvalue weighted by atomic mass is 35.5. The first-order valence-corrected chi connectivity index (χ1v) is 5.65. The van der Waals surface area contributed by atoms with Crippen LogP contribution in [0.15, 0.2) is 36.7 Å². The summed E-state index contributed by atoms with van der Waals surface area (Å²) in [4.78, 5) is 3.67. The van der Waals surface area contributed by atoms with E-state index >= 15 is 0 Å². The second-order valence-corrected chi connectivity index (χ2v) is 4.38. The van der Waals surface area contributed by atoms with Crippen LogP contribution < -0.4 is 5.73 Å². The van der Waals surface area contributed by atoms with E-state index in [9.17, 15) is 4.39 Å². The third-order valence-electron chi connectivity index (χ3n) is 2.44. The van der Waals surface area contributed by atoms with Crippen LogP contribution in [0.5, 0.6) is 0 Å². The molecule has 0 aliphatic rings. The lowest BCUT2D eigenvalue weighted by Gasteiger charge is -2.14. The van der Waals surface area contributed by atoms with Gasteiger partial charge in [0.2, 0.25) is 0 Å². The van der Waals surface area contributed by atoms with Gasteiger partial charge in [-0.05, 0) is 23.8 Å². The summed E-state index contributed by atoms with van der Waals surface area (Å²) < 4.78 is 13.5. The van der Waals surface area contributed by atoms with Crippen LogP contribution in [0.25, 0.3) is 0 Å². The lowest BCUT2D eigenvalue weighted by Crippen LogP contribution is -2.14. The summed E-state index contributed by atoms with van der Waals surface area (Å²) in [6.07, 6.45) is 2.61. The predicted molar refractivity (Wildman–Crippen MR) is 66.7 cm³/mol. The summed E-state index contributed by atoms with van der Waals surface area (Å²) in [6, 6.07) is 5.84. The summed E-state index contributed by atoms with van der Waals surface area (Å²) in [7, 11) is 0. The van der Waals surface area contributed by atoms with Crippen LogP contribution in [-0.2, 0) is 0 Å². The van der Waals surface area contributed by atoms with Crippen molar-refractivity contribution in [3.05, 3.63) is 63.6 Å². The van der Waals surface area contributed by atoms with Gasteiger partial charge in [-0.3, -0.25) is 4.98 Å². The number of aromatic nitrogens is 1. The van der Waals surface area contributed by atoms with Crippen molar-refractivity contribution in [1.82, 2.24) is 4.98 Å². The van der Waals surface area contributed by atoms with E-state index in [-0.39, 0.29) is 0 Å². The molecule has 1 atom stereocenters. The van der Waals surface area contributed by atoms with Crippen LogP contribution in [-0.4, -0.2) is 4.98 Å². The Bertz CT molecular complexity index is 546. The molecule has 5 heteroatoms. The Hall–Kier alpha value is -1.16. The first-order valence-electron chi connectivity index (χ1n) is 4.89. The molecule has 0 radical (unpaired) electrons. The second-order valence-electron chi connectivity index (χ2n) is 3.54. The Morgan fingerprint density at radius 1 is 1.18 bits per heavy atom. The molecular formula is C12H9Cl2FN2. The smallest absolute Gasteiger partial charge is 0.146 e. The fourth-order valence-electron chi connectivity index (χ4n) is 1.56. The summed E-state index contributed by atoms with van der Waals surface area (Å²) in [5, 5.41) is 0.933. The van der Waals surface area contributed by atoms with Crippen molar-refractivity contribution < 1.29 is 4.39 Å². The number of pyridine rings is 1. The Labute approximate surface area is 108 Å². The van der Waals surface area contributed by atoms with Crippen LogP contribution in [0, 0.1) is 5.82 Å². The van der Waals surface area contributed by atoms with Gasteiger partial charge in [-0.1, -0.05) is 29.3 Å². The van der Waals surface area contributed by atoms with Gasteiger partial charge in [-0.2, -0.15) is 0 Å². The standard InChI is InChI=1S/C12H9Cl2FN2/c13-7-1-2-8(10(14)5-7)12(16)9-3-4-17-6-11(9)15/h1-6,12H,16H2. The first-order chi connectivity index (χ1) is 8.09. The molecule has 1 heterocycles. The van der Waals surface area contributed by atoms with Crippen LogP contribution >= 0.6 is 23.2 Å². The monoisotopic (exact) mass is 270 g/mol. The van der Waals surface area contributed by atoms with Crippen molar-refractivity contribution in [3.63, 3.8) is 0 Å². The molecule has 0 saturated heterocycles. The Kier molecular flexibility index (Phi) is 3.62. The van der Waals surface area contributed by atoms with E-state index in [1.807, 2.05) is 0 Å². The average Bonchev–Trinajstić information content (AvgIpc) is 2.29. The molecule has 0 aliphatic heterocycles. The van der Waals surface area contributed by atoms with E-state index < -0.39 is 11.9 Å². The molecule has 1 aromatic heterocycles. The molecule has 2 N–H and O–H groups in total. The zero-order chi connectivity index (χ0) is 12.4. The molecule has 1 unspecified atom stereocenters. The van der Waals surface area contributed by atoms with E-state index in [4.69, 9.17) is 28.9 Å². The van der Waals surface area contributed by atoms with E-state index in [0.717, 1.165) is 6.20 Å². The molecule has 0 amide bonds. The van der Waals surface area contributed by atoms with Gasteiger partial charge in [0, 0.05) is 21.8 Å². The number of hydrogen-bond donors (Lipinski definition) is 1. The molecule has 0 saturated carbocycles. The first kappa shape index (κ1) is 12.3. The topological polar surface area (TPSA) is 38.9 Å². The molecular weight excluding hydrogens is 262 g/mol. The van der Waals surface area contributed by atoms with Gasteiger partial charge in [-0.15, -0.1) is 0 Å². The summed E-state index contributed by atoms with van der Waals surface area (Å²) in [5.74, 6) is -0.453. The van der Waals surface area contributed by atoms with E-state index in [1.54, 1.807) is 18.2 Å². The highest BCUT2D eigenvalue weighted by molar-refractivity contribution is 6.35. The summed E-state index contributed by atoms with van der Waals surface area (Å²) >= 11 is 11.8. The number of halogens is 3. The second kappa shape index (κ2) is 5.00. The van der Waals surface area contributed by atoms with Gasteiger partial charge >= 0.3 is 0 Å². The van der Waals surface area contributed by atoms with Gasteiger partial charge in [-0.25, -0.2) is 4.39 Å². The lowest BCUT2D eigenvalue weighted by molar-refractivity contribution is 0.593. The number of hydrogen-bond acceptors (Lipinski definition) is 2. The van der Waals surface area contributed by atoms with Crippen molar-refractivity contribution in [2.24, 2.45) is 5.73 Å². The molecule has 88 valence electrons. The SMILES string of the molecule is NC(c1ccncc1F)c1ccc(Cl)cc1Cl. The maximum absolute atomic E-state index is 13.5. The molecule has 2 rings (SSSR count). The summed E-state index contributed by atoms with van der Waals surface area (Å²) in [5.41, 5.74) is 6.95. The van der Waals surface area contributed by atoms with Crippen LogP contribution in [0.2, 0.25) is 10.0 Å². The Morgan fingerprint density at radius 3 is 2.59 bits per heavy atom. The zero-order valence-electron chi connectivity index (χ0n) is 8.70. The van der Waals surface area contributed by atoms with E-state index in [2.05, 4.69) is 4.98 Å². The Morgan fingerprint density at radius 2 is 1.94 bits per heavy atom. The normalized spacial score (nSPS) is 12.5. The van der Waals surface area contributed by atoms with Gasteiger partial charge in [0.15, 0.2) is 0 Å². The maximum atomic E-state index is 13.5. The predicted octanol–water partition coefficient (Wildman–Crippen LogP) is 3.58. The molecule has 0 aliphatic carbocycles. The van der Waals surface area contributed by atoms with Crippen LogP contribution in [0.4, 0.5) is 4.39 Å². The van der Waals surface area contributed by atoms with Crippen molar-refractivity contribution in [2.45, 2.75) is 6.04 Å². The zero-order valence-corrected chi connectivity index (χ0v) is 10.2. The fraction of sp³-hybridized carbons (Fsp3) is 0.0833. The number of rotatable bonds is 2. The molecule has 2 nitrogen and oxygen atoms in total. The quantitative estimate of drug-likeness (QED) is 0.906. The fourth-order valence-corrected chi connectivity index (χ4v) is 2.09. The minimum atomic E-state index is -0.636. The van der Waals surface area contributed by atoms with Gasteiger partial charge in [0.05, 0.1) is 12.2 Å². The minimum Gasteiger partial charge on any atom is -0.320 e. The molecule has 0 bridgehead atoms. The third kappa shape index (κ3) is 2.57. The lowest BCUT2D eigenvalue weighted by atomic mass is 10.0. The number of nitrogens with two attached hydrogens (primary N) is 1. The number of nitrogens with zero attached hydrogens (tertiary/aromatic N) is 1. The van der Waals surface area contributed by atoms with Gasteiger partial charge < -0.3 is 5.73 Å². The van der Waals surface area contributed by atoms with Gasteiger partial charge in [0.1, 0.15) is 5.82 Å². The molecule has 17 heavy (non-hydrogen) atoms. The highest BCUT2D eigenvalue weighted by Gasteiger charge is 2.16.